The Morgan fingerprint density at radius 2 is 2.13 bits per heavy atom. The maximum absolute atomic E-state index is 13.0. The number of carbonyl (C=O) groups excluding carboxylic acids is 1. The van der Waals surface area contributed by atoms with Gasteiger partial charge in [0, 0.05) is 24.5 Å². The van der Waals surface area contributed by atoms with Crippen molar-refractivity contribution < 1.29 is 22.7 Å². The molecule has 1 aliphatic heterocycles. The molecule has 0 saturated carbocycles. The van der Waals surface area contributed by atoms with Gasteiger partial charge in [0.2, 0.25) is 0 Å². The number of carbonyl (C=O) groups is 1. The van der Waals surface area contributed by atoms with E-state index in [1.165, 1.54) is 34.4 Å². The van der Waals surface area contributed by atoms with Crippen LogP contribution in [0.25, 0.3) is 0 Å². The van der Waals surface area contributed by atoms with Crippen molar-refractivity contribution in [3.8, 4) is 5.19 Å². The standard InChI is InChI=1S/C15H13F3N2O2S/c16-15(17,18)12-4-2-1-3-11(12)13(21)20-7-5-10(9-20)22-14-19-6-8-23-14/h1-4,6,8,10H,5,7,9H2. The third-order valence-electron chi connectivity index (χ3n) is 3.57. The quantitative estimate of drug-likeness (QED) is 0.858. The molecule has 1 amide bonds. The van der Waals surface area contributed by atoms with Crippen LogP contribution in [0, 0.1) is 0 Å². The Morgan fingerprint density at radius 3 is 2.83 bits per heavy atom. The molecule has 0 bridgehead atoms. The summed E-state index contributed by atoms with van der Waals surface area (Å²) in [6, 6.07) is 4.84. The van der Waals surface area contributed by atoms with Gasteiger partial charge in [-0.1, -0.05) is 23.5 Å². The Kier molecular flexibility index (Phi) is 4.25. The van der Waals surface area contributed by atoms with Crippen molar-refractivity contribution in [1.29, 1.82) is 0 Å². The zero-order chi connectivity index (χ0) is 16.4. The maximum atomic E-state index is 13.0. The highest BCUT2D eigenvalue weighted by Gasteiger charge is 2.37. The van der Waals surface area contributed by atoms with Gasteiger partial charge in [-0.3, -0.25) is 4.79 Å². The fourth-order valence-corrected chi connectivity index (χ4v) is 3.06. The van der Waals surface area contributed by atoms with Crippen molar-refractivity contribution >= 4 is 17.2 Å². The minimum atomic E-state index is -4.55. The maximum Gasteiger partial charge on any atom is 0.417 e. The predicted molar refractivity (Wildman–Crippen MR) is 78.5 cm³/mol. The summed E-state index contributed by atoms with van der Waals surface area (Å²) in [4.78, 5) is 17.8. The topological polar surface area (TPSA) is 42.4 Å². The van der Waals surface area contributed by atoms with Crippen LogP contribution >= 0.6 is 11.3 Å². The molecule has 1 aromatic heterocycles. The second-order valence-corrected chi connectivity index (χ2v) is 5.98. The van der Waals surface area contributed by atoms with Crippen LogP contribution in [0.15, 0.2) is 35.8 Å². The lowest BCUT2D eigenvalue weighted by Crippen LogP contribution is -2.32. The third-order valence-corrected chi connectivity index (χ3v) is 4.23. The molecule has 0 radical (unpaired) electrons. The van der Waals surface area contributed by atoms with E-state index in [0.29, 0.717) is 18.2 Å². The number of amides is 1. The van der Waals surface area contributed by atoms with Crippen LogP contribution in [0.3, 0.4) is 0 Å². The van der Waals surface area contributed by atoms with Crippen LogP contribution in [0.1, 0.15) is 22.3 Å². The predicted octanol–water partition coefficient (Wildman–Crippen LogP) is 3.46. The molecule has 1 aromatic carbocycles. The SMILES string of the molecule is O=C(c1ccccc1C(F)(F)F)N1CCC(Oc2nccs2)C1. The molecule has 23 heavy (non-hydrogen) atoms. The molecule has 0 N–H and O–H groups in total. The molecular formula is C15H13F3N2O2S. The first-order valence-electron chi connectivity index (χ1n) is 6.97. The van der Waals surface area contributed by atoms with Gasteiger partial charge in [-0.05, 0) is 12.1 Å². The Balaban J connectivity index is 1.72. The normalized spacial score (nSPS) is 18.2. The van der Waals surface area contributed by atoms with Crippen molar-refractivity contribution in [2.24, 2.45) is 0 Å². The van der Waals surface area contributed by atoms with Gasteiger partial charge in [0.25, 0.3) is 11.1 Å². The number of hydrogen-bond acceptors (Lipinski definition) is 4. The molecular weight excluding hydrogens is 329 g/mol. The van der Waals surface area contributed by atoms with Gasteiger partial charge in [0.1, 0.15) is 6.10 Å². The lowest BCUT2D eigenvalue weighted by molar-refractivity contribution is -0.138. The average Bonchev–Trinajstić information content (AvgIpc) is 3.18. The van der Waals surface area contributed by atoms with Gasteiger partial charge < -0.3 is 9.64 Å². The van der Waals surface area contributed by atoms with Gasteiger partial charge in [-0.25, -0.2) is 4.98 Å². The zero-order valence-corrected chi connectivity index (χ0v) is 12.7. The molecule has 2 aromatic rings. The number of ether oxygens (including phenoxy) is 1. The van der Waals surface area contributed by atoms with Crippen molar-refractivity contribution in [2.45, 2.75) is 18.7 Å². The summed E-state index contributed by atoms with van der Waals surface area (Å²) >= 11 is 1.34. The Morgan fingerprint density at radius 1 is 1.35 bits per heavy atom. The smallest absolute Gasteiger partial charge is 0.417 e. The first kappa shape index (κ1) is 15.8. The summed E-state index contributed by atoms with van der Waals surface area (Å²) in [5.41, 5.74) is -1.23. The van der Waals surface area contributed by atoms with E-state index in [-0.39, 0.29) is 18.2 Å². The Labute approximate surface area is 134 Å². The van der Waals surface area contributed by atoms with E-state index in [9.17, 15) is 18.0 Å². The first-order chi connectivity index (χ1) is 10.9. The van der Waals surface area contributed by atoms with Crippen molar-refractivity contribution in [1.82, 2.24) is 9.88 Å². The van der Waals surface area contributed by atoms with Crippen LogP contribution in [-0.4, -0.2) is 35.0 Å². The summed E-state index contributed by atoms with van der Waals surface area (Å²) in [6.45, 7) is 0.617. The van der Waals surface area contributed by atoms with E-state index in [1.807, 2.05) is 0 Å². The van der Waals surface area contributed by atoms with E-state index in [2.05, 4.69) is 4.98 Å². The van der Waals surface area contributed by atoms with Crippen molar-refractivity contribution in [3.63, 3.8) is 0 Å². The number of hydrogen-bond donors (Lipinski definition) is 0. The summed E-state index contributed by atoms with van der Waals surface area (Å²) in [6.07, 6.45) is -2.62. The molecule has 1 aliphatic rings. The zero-order valence-electron chi connectivity index (χ0n) is 11.9. The second-order valence-electron chi connectivity index (χ2n) is 5.12. The van der Waals surface area contributed by atoms with Crippen LogP contribution in [0.5, 0.6) is 5.19 Å². The van der Waals surface area contributed by atoms with Crippen LogP contribution in [-0.2, 0) is 6.18 Å². The average molecular weight is 342 g/mol. The summed E-state index contributed by atoms with van der Waals surface area (Å²) in [5, 5.41) is 2.27. The largest absolute Gasteiger partial charge is 0.465 e. The fraction of sp³-hybridized carbons (Fsp3) is 0.333. The third kappa shape index (κ3) is 3.47. The number of thiazole rings is 1. The number of benzene rings is 1. The number of nitrogens with zero attached hydrogens (tertiary/aromatic N) is 2. The highest BCUT2D eigenvalue weighted by Crippen LogP contribution is 2.33. The molecule has 3 rings (SSSR count). The first-order valence-corrected chi connectivity index (χ1v) is 7.85. The molecule has 0 spiro atoms. The number of rotatable bonds is 3. The molecule has 122 valence electrons. The van der Waals surface area contributed by atoms with Crippen LogP contribution in [0.2, 0.25) is 0 Å². The monoisotopic (exact) mass is 342 g/mol. The number of aromatic nitrogens is 1. The van der Waals surface area contributed by atoms with Gasteiger partial charge in [-0.15, -0.1) is 0 Å². The molecule has 1 unspecified atom stereocenters. The molecule has 0 aliphatic carbocycles. The van der Waals surface area contributed by atoms with Gasteiger partial charge in [0.15, 0.2) is 0 Å². The van der Waals surface area contributed by atoms with Crippen molar-refractivity contribution in [2.75, 3.05) is 13.1 Å². The highest BCUT2D eigenvalue weighted by molar-refractivity contribution is 7.11. The van der Waals surface area contributed by atoms with Gasteiger partial charge in [-0.2, -0.15) is 13.2 Å². The van der Waals surface area contributed by atoms with E-state index >= 15 is 0 Å². The van der Waals surface area contributed by atoms with E-state index < -0.39 is 17.6 Å². The van der Waals surface area contributed by atoms with Crippen LogP contribution < -0.4 is 4.74 Å². The summed E-state index contributed by atoms with van der Waals surface area (Å²) in [7, 11) is 0. The summed E-state index contributed by atoms with van der Waals surface area (Å²) in [5.74, 6) is -0.622. The fourth-order valence-electron chi connectivity index (χ4n) is 2.51. The van der Waals surface area contributed by atoms with Crippen molar-refractivity contribution in [3.05, 3.63) is 47.0 Å². The summed E-state index contributed by atoms with van der Waals surface area (Å²) < 4.78 is 44.7. The number of likely N-dealkylation sites (tertiary alicyclic amines) is 1. The molecule has 8 heteroatoms. The molecule has 1 saturated heterocycles. The molecule has 1 atom stereocenters. The lowest BCUT2D eigenvalue weighted by Gasteiger charge is -2.19. The number of alkyl halides is 3. The van der Waals surface area contributed by atoms with Gasteiger partial charge in [0.05, 0.1) is 17.7 Å². The minimum Gasteiger partial charge on any atom is -0.465 e. The molecule has 1 fully saturated rings. The highest BCUT2D eigenvalue weighted by atomic mass is 32.1. The minimum absolute atomic E-state index is 0.247. The molecule has 2 heterocycles. The Hall–Kier alpha value is -2.09. The lowest BCUT2D eigenvalue weighted by atomic mass is 10.1. The molecule has 4 nitrogen and oxygen atoms in total. The Bertz CT molecular complexity index is 688. The van der Waals surface area contributed by atoms with E-state index in [0.717, 1.165) is 6.07 Å². The van der Waals surface area contributed by atoms with E-state index in [1.54, 1.807) is 11.6 Å². The van der Waals surface area contributed by atoms with E-state index in [4.69, 9.17) is 4.74 Å². The second kappa shape index (κ2) is 6.19. The number of halogens is 3. The van der Waals surface area contributed by atoms with Gasteiger partial charge >= 0.3 is 6.18 Å². The van der Waals surface area contributed by atoms with Crippen LogP contribution in [0.4, 0.5) is 13.2 Å².